The van der Waals surface area contributed by atoms with E-state index < -0.39 is 6.04 Å². The van der Waals surface area contributed by atoms with Gasteiger partial charge >= 0.3 is 0 Å². The number of fused-ring (bicyclic) bond motifs is 3. The van der Waals surface area contributed by atoms with Crippen molar-refractivity contribution in [2.24, 2.45) is 0 Å². The van der Waals surface area contributed by atoms with Crippen molar-refractivity contribution in [3.63, 3.8) is 0 Å². The molecule has 3 aromatic carbocycles. The lowest BCUT2D eigenvalue weighted by Crippen LogP contribution is -2.38. The van der Waals surface area contributed by atoms with E-state index in [1.165, 1.54) is 0 Å². The highest BCUT2D eigenvalue weighted by molar-refractivity contribution is 5.96. The third kappa shape index (κ3) is 2.32. The standard InChI is InChI=1S/C19H16N2O2/c22-21(23)17-12-15-11-10-13-6-4-5-9-16(13)18(15)20-19(17)14-7-2-1-3-8-14/h1-11,17,19-20H,12H2/t17-,19+/m0/s1. The van der Waals surface area contributed by atoms with Gasteiger partial charge in [-0.05, 0) is 16.5 Å². The zero-order valence-electron chi connectivity index (χ0n) is 12.5. The fourth-order valence-corrected chi connectivity index (χ4v) is 3.41. The SMILES string of the molecule is O=[N+]([O-])[C@H]1Cc2ccc3ccccc3c2N[C@@H]1c1ccccc1. The maximum atomic E-state index is 11.6. The van der Waals surface area contributed by atoms with Gasteiger partial charge in [0.25, 0.3) is 0 Å². The minimum atomic E-state index is -0.661. The largest absolute Gasteiger partial charge is 0.371 e. The Hall–Kier alpha value is -2.88. The molecular formula is C19H16N2O2. The molecule has 114 valence electrons. The molecule has 2 atom stereocenters. The van der Waals surface area contributed by atoms with Crippen molar-refractivity contribution in [2.45, 2.75) is 18.5 Å². The Kier molecular flexibility index (Phi) is 3.23. The first-order chi connectivity index (χ1) is 11.2. The predicted octanol–water partition coefficient (Wildman–Crippen LogP) is 4.19. The van der Waals surface area contributed by atoms with E-state index in [0.717, 1.165) is 27.6 Å². The fourth-order valence-electron chi connectivity index (χ4n) is 3.41. The van der Waals surface area contributed by atoms with Crippen LogP contribution >= 0.6 is 0 Å². The zero-order valence-corrected chi connectivity index (χ0v) is 12.5. The Labute approximate surface area is 133 Å². The zero-order chi connectivity index (χ0) is 15.8. The van der Waals surface area contributed by atoms with Crippen LogP contribution in [-0.4, -0.2) is 11.0 Å². The molecule has 4 rings (SSSR count). The summed E-state index contributed by atoms with van der Waals surface area (Å²) in [4.78, 5) is 11.4. The van der Waals surface area contributed by atoms with Crippen LogP contribution in [0.2, 0.25) is 0 Å². The molecule has 0 saturated heterocycles. The van der Waals surface area contributed by atoms with Crippen LogP contribution in [-0.2, 0) is 6.42 Å². The van der Waals surface area contributed by atoms with Gasteiger partial charge in [0.15, 0.2) is 0 Å². The average molecular weight is 304 g/mol. The third-order valence-corrected chi connectivity index (χ3v) is 4.56. The Balaban J connectivity index is 1.86. The van der Waals surface area contributed by atoms with E-state index in [1.54, 1.807) is 0 Å². The molecule has 0 unspecified atom stereocenters. The molecule has 0 aliphatic carbocycles. The van der Waals surface area contributed by atoms with Crippen LogP contribution < -0.4 is 5.32 Å². The van der Waals surface area contributed by atoms with Crippen molar-refractivity contribution in [1.82, 2.24) is 0 Å². The van der Waals surface area contributed by atoms with E-state index in [9.17, 15) is 10.1 Å². The molecule has 4 nitrogen and oxygen atoms in total. The Morgan fingerprint density at radius 2 is 1.70 bits per heavy atom. The van der Waals surface area contributed by atoms with Gasteiger partial charge < -0.3 is 5.32 Å². The summed E-state index contributed by atoms with van der Waals surface area (Å²) < 4.78 is 0. The summed E-state index contributed by atoms with van der Waals surface area (Å²) >= 11 is 0. The molecule has 0 fully saturated rings. The van der Waals surface area contributed by atoms with Crippen molar-refractivity contribution in [3.8, 4) is 0 Å². The smallest absolute Gasteiger partial charge is 0.241 e. The van der Waals surface area contributed by atoms with Gasteiger partial charge in [0, 0.05) is 22.4 Å². The van der Waals surface area contributed by atoms with Crippen molar-refractivity contribution in [2.75, 3.05) is 5.32 Å². The van der Waals surface area contributed by atoms with Crippen LogP contribution in [0.15, 0.2) is 66.7 Å². The van der Waals surface area contributed by atoms with Gasteiger partial charge in [-0.3, -0.25) is 10.1 Å². The average Bonchev–Trinajstić information content (AvgIpc) is 2.61. The van der Waals surface area contributed by atoms with Gasteiger partial charge in [0.1, 0.15) is 6.04 Å². The number of nitro groups is 1. The number of hydrogen-bond acceptors (Lipinski definition) is 3. The van der Waals surface area contributed by atoms with E-state index in [0.29, 0.717) is 6.42 Å². The lowest BCUT2D eigenvalue weighted by atomic mass is 9.87. The fraction of sp³-hybridized carbons (Fsp3) is 0.158. The van der Waals surface area contributed by atoms with Crippen LogP contribution in [0.25, 0.3) is 10.8 Å². The Bertz CT molecular complexity index is 877. The summed E-state index contributed by atoms with van der Waals surface area (Å²) in [7, 11) is 0. The molecule has 0 aromatic heterocycles. The van der Waals surface area contributed by atoms with E-state index in [2.05, 4.69) is 17.4 Å². The molecule has 0 spiro atoms. The second-order valence-electron chi connectivity index (χ2n) is 5.91. The molecular weight excluding hydrogens is 288 g/mol. The summed E-state index contributed by atoms with van der Waals surface area (Å²) in [6.45, 7) is 0. The monoisotopic (exact) mass is 304 g/mol. The predicted molar refractivity (Wildman–Crippen MR) is 91.2 cm³/mol. The highest BCUT2D eigenvalue weighted by Crippen LogP contribution is 2.38. The molecule has 0 bridgehead atoms. The van der Waals surface area contributed by atoms with Crippen molar-refractivity contribution in [3.05, 3.63) is 88.0 Å². The Morgan fingerprint density at radius 3 is 2.48 bits per heavy atom. The molecule has 1 aliphatic rings. The number of benzene rings is 3. The first kappa shape index (κ1) is 13.8. The van der Waals surface area contributed by atoms with Gasteiger partial charge in [-0.25, -0.2) is 0 Å². The van der Waals surface area contributed by atoms with Crippen molar-refractivity contribution >= 4 is 16.5 Å². The van der Waals surface area contributed by atoms with Crippen LogP contribution in [0, 0.1) is 10.1 Å². The molecule has 1 N–H and O–H groups in total. The number of anilines is 1. The molecule has 0 saturated carbocycles. The summed E-state index contributed by atoms with van der Waals surface area (Å²) in [6.07, 6.45) is 0.444. The number of rotatable bonds is 2. The van der Waals surface area contributed by atoms with Crippen molar-refractivity contribution < 1.29 is 4.92 Å². The van der Waals surface area contributed by atoms with Gasteiger partial charge in [0.05, 0.1) is 0 Å². The maximum Gasteiger partial charge on any atom is 0.241 e. The maximum absolute atomic E-state index is 11.6. The molecule has 1 aliphatic heterocycles. The molecule has 1 heterocycles. The van der Waals surface area contributed by atoms with Crippen LogP contribution in [0.1, 0.15) is 17.2 Å². The summed E-state index contributed by atoms with van der Waals surface area (Å²) in [5.74, 6) is 0. The minimum Gasteiger partial charge on any atom is -0.371 e. The molecule has 3 aromatic rings. The summed E-state index contributed by atoms with van der Waals surface area (Å²) in [5, 5.41) is 17.3. The van der Waals surface area contributed by atoms with Gasteiger partial charge in [-0.1, -0.05) is 66.7 Å². The quantitative estimate of drug-likeness (QED) is 0.570. The highest BCUT2D eigenvalue weighted by Gasteiger charge is 2.38. The molecule has 23 heavy (non-hydrogen) atoms. The minimum absolute atomic E-state index is 0.164. The van der Waals surface area contributed by atoms with Crippen LogP contribution in [0.5, 0.6) is 0 Å². The first-order valence-corrected chi connectivity index (χ1v) is 7.69. The summed E-state index contributed by atoms with van der Waals surface area (Å²) in [5.41, 5.74) is 2.99. The van der Waals surface area contributed by atoms with Gasteiger partial charge in [-0.2, -0.15) is 0 Å². The summed E-state index contributed by atoms with van der Waals surface area (Å²) in [6, 6.07) is 20.9. The highest BCUT2D eigenvalue weighted by atomic mass is 16.6. The van der Waals surface area contributed by atoms with Gasteiger partial charge in [0.2, 0.25) is 6.04 Å². The molecule has 0 amide bonds. The van der Waals surface area contributed by atoms with E-state index >= 15 is 0 Å². The second-order valence-corrected chi connectivity index (χ2v) is 5.91. The van der Waals surface area contributed by atoms with E-state index in [-0.39, 0.29) is 11.0 Å². The van der Waals surface area contributed by atoms with E-state index in [4.69, 9.17) is 0 Å². The number of nitrogens with zero attached hydrogens (tertiary/aromatic N) is 1. The van der Waals surface area contributed by atoms with Crippen LogP contribution in [0.4, 0.5) is 5.69 Å². The lowest BCUT2D eigenvalue weighted by molar-refractivity contribution is -0.525. The van der Waals surface area contributed by atoms with Crippen LogP contribution in [0.3, 0.4) is 0 Å². The molecule has 4 heteroatoms. The van der Waals surface area contributed by atoms with E-state index in [1.807, 2.05) is 54.6 Å². The third-order valence-electron chi connectivity index (χ3n) is 4.56. The number of hydrogen-bond donors (Lipinski definition) is 1. The van der Waals surface area contributed by atoms with Gasteiger partial charge in [-0.15, -0.1) is 0 Å². The Morgan fingerprint density at radius 1 is 0.957 bits per heavy atom. The van der Waals surface area contributed by atoms with Crippen molar-refractivity contribution in [1.29, 1.82) is 0 Å². The lowest BCUT2D eigenvalue weighted by Gasteiger charge is -2.31. The normalized spacial score (nSPS) is 19.8. The number of nitrogens with one attached hydrogen (secondary N) is 1. The first-order valence-electron chi connectivity index (χ1n) is 7.69. The molecule has 0 radical (unpaired) electrons. The second kappa shape index (κ2) is 5.39. The topological polar surface area (TPSA) is 55.2 Å².